The number of benzene rings is 4. The van der Waals surface area contributed by atoms with Crippen LogP contribution in [-0.2, 0) is 0 Å². The molecular formula is C31H31NO4. The summed E-state index contributed by atoms with van der Waals surface area (Å²) in [5, 5.41) is 21.5. The zero-order chi connectivity index (χ0) is 24.9. The van der Waals surface area contributed by atoms with E-state index in [1.165, 1.54) is 32.4 Å². The van der Waals surface area contributed by atoms with Gasteiger partial charge >= 0.3 is 0 Å². The lowest BCUT2D eigenvalue weighted by Crippen LogP contribution is -2.31. The molecule has 5 rings (SSSR count). The first kappa shape index (κ1) is 23.9. The van der Waals surface area contributed by atoms with Crippen molar-refractivity contribution in [3.63, 3.8) is 0 Å². The summed E-state index contributed by atoms with van der Waals surface area (Å²) in [5.74, 6) is 0.911. The number of aromatic hydroxyl groups is 2. The van der Waals surface area contributed by atoms with Crippen LogP contribution in [0.25, 0.3) is 21.9 Å². The molecule has 0 aliphatic carbocycles. The van der Waals surface area contributed by atoms with E-state index < -0.39 is 0 Å². The Morgan fingerprint density at radius 3 is 2.39 bits per heavy atom. The summed E-state index contributed by atoms with van der Waals surface area (Å²) in [4.78, 5) is 16.3. The Balaban J connectivity index is 1.37. The van der Waals surface area contributed by atoms with Crippen LogP contribution in [0.1, 0.15) is 41.6 Å². The SMILES string of the molecule is O=C(c1ccc(OCCCN2CCCCC2)cc1)c1c(-c2cccc(O)c2)ccc2cc(O)ccc12. The van der Waals surface area contributed by atoms with Gasteiger partial charge in [0, 0.05) is 17.7 Å². The molecule has 1 aliphatic rings. The molecule has 0 radical (unpaired) electrons. The maximum absolute atomic E-state index is 13.8. The third kappa shape index (κ3) is 5.37. The van der Waals surface area contributed by atoms with Gasteiger partial charge in [-0.1, -0.05) is 30.7 Å². The van der Waals surface area contributed by atoms with Crippen LogP contribution in [0.5, 0.6) is 17.2 Å². The molecule has 2 N–H and O–H groups in total. The minimum atomic E-state index is -0.124. The number of ether oxygens (including phenoxy) is 1. The molecule has 0 atom stereocenters. The second kappa shape index (κ2) is 10.8. The summed E-state index contributed by atoms with van der Waals surface area (Å²) >= 11 is 0. The lowest BCUT2D eigenvalue weighted by molar-refractivity contribution is 0.104. The van der Waals surface area contributed by atoms with Crippen LogP contribution in [0, 0.1) is 0 Å². The van der Waals surface area contributed by atoms with Crippen molar-refractivity contribution in [3.05, 3.63) is 90.0 Å². The Hall–Kier alpha value is -3.83. The number of hydrogen-bond donors (Lipinski definition) is 2. The molecule has 5 heteroatoms. The zero-order valence-corrected chi connectivity index (χ0v) is 20.3. The van der Waals surface area contributed by atoms with Gasteiger partial charge < -0.3 is 19.8 Å². The standard InChI is InChI=1S/C31H31NO4/c33-25-7-4-6-23(20-25)28-14-10-24-21-26(34)11-15-29(24)30(28)31(35)22-8-12-27(13-9-22)36-19-5-18-32-16-2-1-3-17-32/h4,6-15,20-21,33-34H,1-3,5,16-19H2. The van der Waals surface area contributed by atoms with E-state index in [-0.39, 0.29) is 17.3 Å². The number of hydrogen-bond acceptors (Lipinski definition) is 5. The molecule has 36 heavy (non-hydrogen) atoms. The molecule has 0 amide bonds. The van der Waals surface area contributed by atoms with E-state index in [1.54, 1.807) is 48.5 Å². The van der Waals surface area contributed by atoms with Gasteiger partial charge in [0.15, 0.2) is 5.78 Å². The van der Waals surface area contributed by atoms with Gasteiger partial charge in [0.2, 0.25) is 0 Å². The number of phenolic OH excluding ortho intramolecular Hbond substituents is 2. The molecular weight excluding hydrogens is 450 g/mol. The van der Waals surface area contributed by atoms with Gasteiger partial charge in [-0.05, 0) is 109 Å². The number of carbonyl (C=O) groups is 1. The zero-order valence-electron chi connectivity index (χ0n) is 20.3. The Kier molecular flexibility index (Phi) is 7.19. The Labute approximate surface area is 211 Å². The third-order valence-electron chi connectivity index (χ3n) is 6.84. The number of nitrogens with zero attached hydrogens (tertiary/aromatic N) is 1. The Bertz CT molecular complexity index is 1360. The molecule has 184 valence electrons. The van der Waals surface area contributed by atoms with Crippen LogP contribution in [-0.4, -0.2) is 47.1 Å². The summed E-state index contributed by atoms with van der Waals surface area (Å²) in [5.41, 5.74) is 2.57. The lowest BCUT2D eigenvalue weighted by Gasteiger charge is -2.26. The summed E-state index contributed by atoms with van der Waals surface area (Å²) in [6.07, 6.45) is 4.91. The summed E-state index contributed by atoms with van der Waals surface area (Å²) in [7, 11) is 0. The average Bonchev–Trinajstić information content (AvgIpc) is 2.91. The van der Waals surface area contributed by atoms with E-state index >= 15 is 0 Å². The normalized spacial score (nSPS) is 14.1. The molecule has 0 spiro atoms. The topological polar surface area (TPSA) is 70.0 Å². The van der Waals surface area contributed by atoms with Crippen LogP contribution in [0.4, 0.5) is 0 Å². The largest absolute Gasteiger partial charge is 0.508 e. The van der Waals surface area contributed by atoms with Gasteiger partial charge in [0.05, 0.1) is 6.61 Å². The van der Waals surface area contributed by atoms with E-state index in [0.717, 1.165) is 40.6 Å². The van der Waals surface area contributed by atoms with Crippen molar-refractivity contribution in [2.45, 2.75) is 25.7 Å². The molecule has 4 aromatic rings. The molecule has 0 bridgehead atoms. The molecule has 1 saturated heterocycles. The quantitative estimate of drug-likeness (QED) is 0.225. The van der Waals surface area contributed by atoms with Gasteiger partial charge in [-0.2, -0.15) is 0 Å². The van der Waals surface area contributed by atoms with Gasteiger partial charge in [0.1, 0.15) is 17.2 Å². The van der Waals surface area contributed by atoms with Crippen molar-refractivity contribution in [3.8, 4) is 28.4 Å². The van der Waals surface area contributed by atoms with Gasteiger partial charge in [-0.25, -0.2) is 0 Å². The van der Waals surface area contributed by atoms with Crippen molar-refractivity contribution in [2.75, 3.05) is 26.2 Å². The van der Waals surface area contributed by atoms with E-state index in [1.807, 2.05) is 30.3 Å². The molecule has 1 aliphatic heterocycles. The molecule has 1 heterocycles. The highest BCUT2D eigenvalue weighted by molar-refractivity contribution is 6.20. The predicted molar refractivity (Wildman–Crippen MR) is 143 cm³/mol. The molecule has 4 aromatic carbocycles. The third-order valence-corrected chi connectivity index (χ3v) is 6.84. The second-order valence-corrected chi connectivity index (χ2v) is 9.40. The van der Waals surface area contributed by atoms with Crippen LogP contribution in [0.15, 0.2) is 78.9 Å². The fourth-order valence-electron chi connectivity index (χ4n) is 4.98. The number of rotatable bonds is 8. The number of phenols is 2. The Morgan fingerprint density at radius 1 is 0.833 bits per heavy atom. The highest BCUT2D eigenvalue weighted by atomic mass is 16.5. The average molecular weight is 482 g/mol. The number of fused-ring (bicyclic) bond motifs is 1. The van der Waals surface area contributed by atoms with E-state index in [9.17, 15) is 15.0 Å². The molecule has 5 nitrogen and oxygen atoms in total. The van der Waals surface area contributed by atoms with Crippen molar-refractivity contribution in [2.24, 2.45) is 0 Å². The maximum Gasteiger partial charge on any atom is 0.194 e. The smallest absolute Gasteiger partial charge is 0.194 e. The van der Waals surface area contributed by atoms with Crippen molar-refractivity contribution >= 4 is 16.6 Å². The summed E-state index contributed by atoms with van der Waals surface area (Å²) in [6, 6.07) is 22.9. The van der Waals surface area contributed by atoms with E-state index in [0.29, 0.717) is 17.7 Å². The summed E-state index contributed by atoms with van der Waals surface area (Å²) in [6.45, 7) is 4.09. The first-order chi connectivity index (χ1) is 17.6. The number of carbonyl (C=O) groups excluding carboxylic acids is 1. The Morgan fingerprint density at radius 2 is 1.61 bits per heavy atom. The second-order valence-electron chi connectivity index (χ2n) is 9.40. The van der Waals surface area contributed by atoms with Crippen LogP contribution < -0.4 is 4.74 Å². The predicted octanol–water partition coefficient (Wildman–Crippen LogP) is 6.40. The monoisotopic (exact) mass is 481 g/mol. The fourth-order valence-corrected chi connectivity index (χ4v) is 4.98. The highest BCUT2D eigenvalue weighted by Gasteiger charge is 2.19. The molecule has 0 aromatic heterocycles. The van der Waals surface area contributed by atoms with Crippen molar-refractivity contribution < 1.29 is 19.7 Å². The number of ketones is 1. The summed E-state index contributed by atoms with van der Waals surface area (Å²) < 4.78 is 5.93. The highest BCUT2D eigenvalue weighted by Crippen LogP contribution is 2.35. The van der Waals surface area contributed by atoms with E-state index in [2.05, 4.69) is 4.90 Å². The maximum atomic E-state index is 13.8. The number of likely N-dealkylation sites (tertiary alicyclic amines) is 1. The van der Waals surface area contributed by atoms with Crippen LogP contribution in [0.3, 0.4) is 0 Å². The van der Waals surface area contributed by atoms with Crippen molar-refractivity contribution in [1.82, 2.24) is 4.90 Å². The van der Waals surface area contributed by atoms with Gasteiger partial charge in [-0.3, -0.25) is 4.79 Å². The van der Waals surface area contributed by atoms with Gasteiger partial charge in [0.25, 0.3) is 0 Å². The lowest BCUT2D eigenvalue weighted by atomic mass is 9.89. The minimum Gasteiger partial charge on any atom is -0.508 e. The van der Waals surface area contributed by atoms with Crippen LogP contribution >= 0.6 is 0 Å². The fraction of sp³-hybridized carbons (Fsp3) is 0.258. The minimum absolute atomic E-state index is 0.124. The van der Waals surface area contributed by atoms with E-state index in [4.69, 9.17) is 4.74 Å². The number of piperidine rings is 1. The van der Waals surface area contributed by atoms with Crippen LogP contribution in [0.2, 0.25) is 0 Å². The molecule has 1 fully saturated rings. The van der Waals surface area contributed by atoms with Crippen molar-refractivity contribution in [1.29, 1.82) is 0 Å². The molecule has 0 saturated carbocycles. The molecule has 0 unspecified atom stereocenters. The first-order valence-electron chi connectivity index (χ1n) is 12.6. The van der Waals surface area contributed by atoms with Gasteiger partial charge in [-0.15, -0.1) is 0 Å². The first-order valence-corrected chi connectivity index (χ1v) is 12.6.